The number of nitrogens with two attached hydrogens (primary N) is 1. The van der Waals surface area contributed by atoms with E-state index in [1.807, 2.05) is 12.4 Å². The number of fused-ring (bicyclic) bond motifs is 9. The maximum absolute atomic E-state index is 7.20. The van der Waals surface area contributed by atoms with Crippen molar-refractivity contribution in [1.29, 1.82) is 0 Å². The minimum absolute atomic E-state index is 0.346. The fourth-order valence-electron chi connectivity index (χ4n) is 9.15. The highest BCUT2D eigenvalue weighted by Gasteiger charge is 2.49. The van der Waals surface area contributed by atoms with Gasteiger partial charge in [0.15, 0.2) is 8.07 Å². The smallest absolute Gasteiger partial charge is 0.233 e. The fourth-order valence-corrected chi connectivity index (χ4v) is 14.2. The molecule has 8 heteroatoms. The van der Waals surface area contributed by atoms with Gasteiger partial charge in [0.2, 0.25) is 5.96 Å². The van der Waals surface area contributed by atoms with E-state index in [9.17, 15) is 0 Å². The molecule has 1 aliphatic rings. The molecule has 6 aromatic carbocycles. The molecule has 7 nitrogen and oxygen atoms in total. The van der Waals surface area contributed by atoms with Crippen LogP contribution in [-0.2, 0) is 6.67 Å². The summed E-state index contributed by atoms with van der Waals surface area (Å²) in [7, 11) is -2.85. The zero-order chi connectivity index (χ0) is 37.9. The average molecular weight is 750 g/mol. The first-order valence-electron chi connectivity index (χ1n) is 19.1. The number of hydrogen-bond acceptors (Lipinski definition) is 3. The van der Waals surface area contributed by atoms with Crippen molar-refractivity contribution in [2.45, 2.75) is 6.67 Å². The van der Waals surface area contributed by atoms with Gasteiger partial charge in [-0.15, -0.1) is 0 Å². The van der Waals surface area contributed by atoms with Gasteiger partial charge in [-0.1, -0.05) is 127 Å². The number of benzene rings is 6. The summed E-state index contributed by atoms with van der Waals surface area (Å²) in [5.74, 6) is 0.893. The molecule has 4 aromatic heterocycles. The van der Waals surface area contributed by atoms with Crippen LogP contribution in [0.15, 0.2) is 199 Å². The van der Waals surface area contributed by atoms with Crippen molar-refractivity contribution in [2.24, 2.45) is 15.7 Å². The first kappa shape index (κ1) is 33.0. The van der Waals surface area contributed by atoms with Gasteiger partial charge in [0.25, 0.3) is 0 Å². The Labute approximate surface area is 329 Å². The largest absolute Gasteiger partial charge is 0.383 e. The summed E-state index contributed by atoms with van der Waals surface area (Å²) in [6.07, 6.45) is 7.88. The fraction of sp³-hybridized carbons (Fsp3) is 0.0204. The number of nitrogens with zero attached hydrogens (tertiary/aromatic N) is 6. The first-order valence-corrected chi connectivity index (χ1v) is 21.1. The zero-order valence-electron chi connectivity index (χ0n) is 30.9. The zero-order valence-corrected chi connectivity index (χ0v) is 31.9. The van der Waals surface area contributed by atoms with E-state index in [-0.39, 0.29) is 0 Å². The number of aliphatic imine (C=N–C) groups is 2. The van der Waals surface area contributed by atoms with Crippen molar-refractivity contribution in [2.75, 3.05) is 0 Å². The van der Waals surface area contributed by atoms with E-state index in [2.05, 4.69) is 195 Å². The summed E-state index contributed by atoms with van der Waals surface area (Å²) in [6.45, 7) is 0.346. The normalized spacial score (nSPS) is 13.8. The topological polar surface area (TPSA) is 86.4 Å². The van der Waals surface area contributed by atoms with Gasteiger partial charge >= 0.3 is 0 Å². The highest BCUT2D eigenvalue weighted by Crippen LogP contribution is 2.32. The molecule has 0 aliphatic carbocycles. The van der Waals surface area contributed by atoms with Crippen LogP contribution in [0.4, 0.5) is 0 Å². The molecule has 270 valence electrons. The summed E-state index contributed by atoms with van der Waals surface area (Å²) in [4.78, 5) is 20.0. The van der Waals surface area contributed by atoms with Crippen molar-refractivity contribution in [3.63, 3.8) is 0 Å². The number of pyridine rings is 2. The van der Waals surface area contributed by atoms with Crippen LogP contribution in [0.1, 0.15) is 5.56 Å². The van der Waals surface area contributed by atoms with Gasteiger partial charge < -0.3 is 10.3 Å². The maximum Gasteiger partial charge on any atom is 0.233 e. The summed E-state index contributed by atoms with van der Waals surface area (Å²) >= 11 is 0. The van der Waals surface area contributed by atoms with E-state index in [0.29, 0.717) is 18.5 Å². The molecule has 0 unspecified atom stereocenters. The molecule has 0 amide bonds. The number of rotatable bonds is 5. The van der Waals surface area contributed by atoms with Gasteiger partial charge in [0.1, 0.15) is 12.5 Å². The summed E-state index contributed by atoms with van der Waals surface area (Å²) in [6, 6.07) is 57.6. The van der Waals surface area contributed by atoms with E-state index in [0.717, 1.165) is 38.4 Å². The summed E-state index contributed by atoms with van der Waals surface area (Å²) in [5, 5.41) is 9.58. The molecule has 2 N–H and O–H groups in total. The maximum atomic E-state index is 7.20. The van der Waals surface area contributed by atoms with Crippen LogP contribution >= 0.6 is 0 Å². The first-order chi connectivity index (χ1) is 28.2. The third kappa shape index (κ3) is 4.97. The Morgan fingerprint density at radius 3 is 1.60 bits per heavy atom. The van der Waals surface area contributed by atoms with Crippen molar-refractivity contribution < 1.29 is 0 Å². The van der Waals surface area contributed by atoms with Gasteiger partial charge in [-0.25, -0.2) is 4.99 Å². The molecule has 5 heterocycles. The Hall–Kier alpha value is -7.42. The van der Waals surface area contributed by atoms with Crippen LogP contribution in [0.5, 0.6) is 0 Å². The lowest BCUT2D eigenvalue weighted by molar-refractivity contribution is 0.785. The Bertz CT molecular complexity index is 3100. The van der Waals surface area contributed by atoms with Crippen molar-refractivity contribution in [3.05, 3.63) is 194 Å². The molecule has 1 aliphatic heterocycles. The number of hydrogen-bond donors (Lipinski definition) is 1. The predicted molar refractivity (Wildman–Crippen MR) is 237 cm³/mol. The molecule has 0 saturated carbocycles. The van der Waals surface area contributed by atoms with Crippen molar-refractivity contribution in [1.82, 2.24) is 19.1 Å². The second-order valence-corrected chi connectivity index (χ2v) is 18.2. The van der Waals surface area contributed by atoms with E-state index in [1.54, 1.807) is 0 Å². The second-order valence-electron chi connectivity index (χ2n) is 14.5. The minimum Gasteiger partial charge on any atom is -0.383 e. The highest BCUT2D eigenvalue weighted by atomic mass is 28.3. The van der Waals surface area contributed by atoms with Gasteiger partial charge in [-0.2, -0.15) is 4.99 Å². The molecule has 0 radical (unpaired) electrons. The van der Waals surface area contributed by atoms with Crippen molar-refractivity contribution >= 4 is 84.2 Å². The van der Waals surface area contributed by atoms with Crippen molar-refractivity contribution in [3.8, 4) is 11.1 Å². The molecule has 11 rings (SSSR count). The van der Waals surface area contributed by atoms with E-state index in [4.69, 9.17) is 15.7 Å². The van der Waals surface area contributed by atoms with Gasteiger partial charge in [0, 0.05) is 51.9 Å². The highest BCUT2D eigenvalue weighted by molar-refractivity contribution is 7.22. The van der Waals surface area contributed by atoms with Crippen LogP contribution < -0.4 is 26.5 Å². The Kier molecular flexibility index (Phi) is 7.58. The quantitative estimate of drug-likeness (QED) is 0.114. The lowest BCUT2D eigenvalue weighted by Gasteiger charge is -2.31. The molecule has 57 heavy (non-hydrogen) atoms. The van der Waals surface area contributed by atoms with Gasteiger partial charge in [0.05, 0.1) is 22.1 Å². The molecule has 0 fully saturated rings. The molecule has 0 spiro atoms. The third-order valence-electron chi connectivity index (χ3n) is 11.6. The number of aromatic nitrogens is 4. The lowest BCUT2D eigenvalue weighted by atomic mass is 10.1. The minimum atomic E-state index is -2.85. The third-order valence-corrected chi connectivity index (χ3v) is 16.4. The molecule has 0 bridgehead atoms. The Morgan fingerprint density at radius 2 is 1.02 bits per heavy atom. The Balaban J connectivity index is 1.12. The Morgan fingerprint density at radius 1 is 0.526 bits per heavy atom. The van der Waals surface area contributed by atoms with Crippen LogP contribution in [0, 0.1) is 0 Å². The van der Waals surface area contributed by atoms with E-state index >= 15 is 0 Å². The molecular formula is C49H35N7Si. The van der Waals surface area contributed by atoms with Crippen LogP contribution in [-0.4, -0.2) is 39.0 Å². The SMILES string of the molecule is N/C(=N\C(=N/Cn1c2ccccc2c2ccccc21)n1c2ccccc2c2ccccc21)c1cccc([Si]2(c3ccccc3)c3cnccc3-c3ccncc32)c1. The van der Waals surface area contributed by atoms with Crippen LogP contribution in [0.25, 0.3) is 54.7 Å². The monoisotopic (exact) mass is 749 g/mol. The predicted octanol–water partition coefficient (Wildman–Crippen LogP) is 7.32. The molecule has 0 saturated heterocycles. The van der Waals surface area contributed by atoms with Crippen LogP contribution in [0.2, 0.25) is 0 Å². The van der Waals surface area contributed by atoms with Crippen LogP contribution in [0.3, 0.4) is 0 Å². The summed E-state index contributed by atoms with van der Waals surface area (Å²) < 4.78 is 4.41. The molecule has 0 atom stereocenters. The lowest BCUT2D eigenvalue weighted by Crippen LogP contribution is -2.73. The molecular weight excluding hydrogens is 715 g/mol. The summed E-state index contributed by atoms with van der Waals surface area (Å²) in [5.41, 5.74) is 14.7. The standard InChI is InChI=1S/C49H35N7Si/c50-48(33-13-12-16-35(29-33)57(34-14-2-1-3-15-34)46-30-51-27-25-40(46)41-26-28-52-31-47(41)57)54-49(56-44-23-10-6-19-38(44)39-20-7-11-24-45(39)56)53-32-55-42-21-8-4-17-36(42)37-18-5-9-22-43(37)55/h1-31H,32H2,(H2,50,53,54). The van der Waals surface area contributed by atoms with Gasteiger partial charge in [-0.3, -0.25) is 14.5 Å². The van der Waals surface area contributed by atoms with Gasteiger partial charge in [-0.05, 0) is 68.3 Å². The molecule has 10 aromatic rings. The van der Waals surface area contributed by atoms with E-state index in [1.165, 1.54) is 42.6 Å². The average Bonchev–Trinajstić information content (AvgIpc) is 3.90. The van der Waals surface area contributed by atoms with E-state index < -0.39 is 8.07 Å². The second kappa shape index (κ2) is 13.1. The number of para-hydroxylation sites is 4. The number of amidine groups is 1.